The van der Waals surface area contributed by atoms with Gasteiger partial charge in [0.05, 0.1) is 5.69 Å². The molecular formula is C19H20FN5O. The van der Waals surface area contributed by atoms with Crippen molar-refractivity contribution in [2.24, 2.45) is 4.99 Å². The molecule has 0 radical (unpaired) electrons. The van der Waals surface area contributed by atoms with Gasteiger partial charge in [-0.3, -0.25) is 4.79 Å². The van der Waals surface area contributed by atoms with Crippen molar-refractivity contribution < 1.29 is 9.18 Å². The normalized spacial score (nSPS) is 18.7. The largest absolute Gasteiger partial charge is 0.349 e. The Bertz CT molecular complexity index is 913. The molecule has 1 unspecified atom stereocenters. The first-order valence-electron chi connectivity index (χ1n) is 8.54. The lowest BCUT2D eigenvalue weighted by Gasteiger charge is -2.31. The van der Waals surface area contributed by atoms with Crippen LogP contribution in [0.4, 0.5) is 15.8 Å². The van der Waals surface area contributed by atoms with Gasteiger partial charge in [0.15, 0.2) is 6.29 Å². The quantitative estimate of drug-likeness (QED) is 0.892. The van der Waals surface area contributed by atoms with Gasteiger partial charge in [-0.2, -0.15) is 0 Å². The number of hydrogen-bond donors (Lipinski definition) is 2. The number of carbonyl (C=O) groups excluding carboxylic acids is 1. The summed E-state index contributed by atoms with van der Waals surface area (Å²) in [7, 11) is 0. The number of aromatic nitrogens is 1. The van der Waals surface area contributed by atoms with Gasteiger partial charge in [0.2, 0.25) is 0 Å². The fraction of sp³-hybridized carbons (Fsp3) is 0.263. The molecule has 1 amide bonds. The van der Waals surface area contributed by atoms with Crippen molar-refractivity contribution >= 4 is 23.5 Å². The summed E-state index contributed by atoms with van der Waals surface area (Å²) in [5, 5.41) is 6.20. The minimum atomic E-state index is -0.379. The minimum Gasteiger partial charge on any atom is -0.349 e. The summed E-state index contributed by atoms with van der Waals surface area (Å²) in [6.07, 6.45) is 5.15. The van der Waals surface area contributed by atoms with Crippen molar-refractivity contribution in [1.82, 2.24) is 9.88 Å². The van der Waals surface area contributed by atoms with Crippen molar-refractivity contribution in [3.8, 4) is 0 Å². The minimum absolute atomic E-state index is 0.0457. The maximum atomic E-state index is 13.2. The molecule has 0 spiro atoms. The lowest BCUT2D eigenvalue weighted by molar-refractivity contribution is 0.0926. The summed E-state index contributed by atoms with van der Waals surface area (Å²) < 4.78 is 15.2. The highest BCUT2D eigenvalue weighted by molar-refractivity contribution is 5.97. The van der Waals surface area contributed by atoms with Gasteiger partial charge in [0.25, 0.3) is 5.91 Å². The maximum Gasteiger partial charge on any atom is 0.268 e. The molecule has 0 saturated carbocycles. The second kappa shape index (κ2) is 6.33. The number of fused-ring (bicyclic) bond motifs is 1. The highest BCUT2D eigenvalue weighted by Gasteiger charge is 2.30. The average Bonchev–Trinajstić information content (AvgIpc) is 2.89. The van der Waals surface area contributed by atoms with Gasteiger partial charge in [-0.15, -0.1) is 0 Å². The number of nitrogens with zero attached hydrogens (tertiary/aromatic N) is 3. The zero-order valence-corrected chi connectivity index (χ0v) is 14.7. The number of anilines is 2. The van der Waals surface area contributed by atoms with E-state index in [0.29, 0.717) is 12.2 Å². The van der Waals surface area contributed by atoms with E-state index >= 15 is 0 Å². The standard InChI is InChI=1S/C19H20FN5O/c1-12-16(13(2)24-11-9-21-18(26)17(12)24)25-10-3-8-22-19(25)23-15-6-4-14(20)5-7-15/h3-8,10,19,23H,9,11H2,1-2H3,(H,21,26). The smallest absolute Gasteiger partial charge is 0.268 e. The number of aliphatic imine (C=N–C) groups is 1. The molecule has 1 aromatic heterocycles. The van der Waals surface area contributed by atoms with Gasteiger partial charge in [0, 0.05) is 42.4 Å². The Morgan fingerprint density at radius 1 is 1.27 bits per heavy atom. The van der Waals surface area contributed by atoms with Crippen LogP contribution in [0.3, 0.4) is 0 Å². The monoisotopic (exact) mass is 353 g/mol. The average molecular weight is 353 g/mol. The van der Waals surface area contributed by atoms with E-state index in [1.54, 1.807) is 18.3 Å². The highest BCUT2D eigenvalue weighted by Crippen LogP contribution is 2.34. The van der Waals surface area contributed by atoms with Gasteiger partial charge >= 0.3 is 0 Å². The molecule has 0 saturated heterocycles. The Labute approximate surface area is 151 Å². The molecule has 7 heteroatoms. The molecule has 1 aromatic carbocycles. The summed E-state index contributed by atoms with van der Waals surface area (Å²) in [5.41, 5.74) is 4.38. The van der Waals surface area contributed by atoms with Crippen LogP contribution in [-0.4, -0.2) is 29.5 Å². The predicted molar refractivity (Wildman–Crippen MR) is 100 cm³/mol. The van der Waals surface area contributed by atoms with Crippen LogP contribution < -0.4 is 15.5 Å². The van der Waals surface area contributed by atoms with E-state index in [9.17, 15) is 9.18 Å². The second-order valence-electron chi connectivity index (χ2n) is 6.39. The Morgan fingerprint density at radius 2 is 2.04 bits per heavy atom. The number of halogens is 1. The Morgan fingerprint density at radius 3 is 2.77 bits per heavy atom. The van der Waals surface area contributed by atoms with Gasteiger partial charge in [-0.05, 0) is 44.2 Å². The molecule has 6 nitrogen and oxygen atoms in total. The van der Waals surface area contributed by atoms with Gasteiger partial charge in [-0.1, -0.05) is 0 Å². The fourth-order valence-corrected chi connectivity index (χ4v) is 3.61. The molecule has 0 fully saturated rings. The number of amides is 1. The Kier molecular flexibility index (Phi) is 3.99. The number of hydrogen-bond acceptors (Lipinski definition) is 4. The predicted octanol–water partition coefficient (Wildman–Crippen LogP) is 2.79. The molecule has 2 N–H and O–H groups in total. The molecule has 3 heterocycles. The SMILES string of the molecule is Cc1c(N2C=CC=NC2Nc2ccc(F)cc2)c(C)n2c1C(=O)NCC2. The van der Waals surface area contributed by atoms with Crippen LogP contribution in [-0.2, 0) is 6.54 Å². The van der Waals surface area contributed by atoms with Crippen molar-refractivity contribution in [3.63, 3.8) is 0 Å². The second-order valence-corrected chi connectivity index (χ2v) is 6.39. The molecule has 2 aliphatic rings. The molecule has 134 valence electrons. The van der Waals surface area contributed by atoms with Crippen LogP contribution in [0.2, 0.25) is 0 Å². The van der Waals surface area contributed by atoms with Crippen LogP contribution in [0, 0.1) is 19.7 Å². The van der Waals surface area contributed by atoms with Crippen LogP contribution in [0.25, 0.3) is 0 Å². The molecule has 2 aromatic rings. The number of rotatable bonds is 3. The van der Waals surface area contributed by atoms with E-state index in [0.717, 1.165) is 29.2 Å². The molecule has 0 bridgehead atoms. The van der Waals surface area contributed by atoms with E-state index < -0.39 is 0 Å². The van der Waals surface area contributed by atoms with Crippen molar-refractivity contribution in [2.45, 2.75) is 26.7 Å². The summed E-state index contributed by atoms with van der Waals surface area (Å²) >= 11 is 0. The van der Waals surface area contributed by atoms with Gasteiger partial charge in [0.1, 0.15) is 11.5 Å². The van der Waals surface area contributed by atoms with Crippen LogP contribution >= 0.6 is 0 Å². The topological polar surface area (TPSA) is 61.7 Å². The first-order chi connectivity index (χ1) is 12.6. The third kappa shape index (κ3) is 2.65. The Balaban J connectivity index is 1.71. The fourth-order valence-electron chi connectivity index (χ4n) is 3.61. The molecule has 2 aliphatic heterocycles. The zero-order valence-electron chi connectivity index (χ0n) is 14.7. The number of allylic oxidation sites excluding steroid dienone is 1. The molecular weight excluding hydrogens is 333 g/mol. The first kappa shape index (κ1) is 16.4. The molecule has 1 atom stereocenters. The first-order valence-corrected chi connectivity index (χ1v) is 8.54. The van der Waals surface area contributed by atoms with Crippen LogP contribution in [0.15, 0.2) is 41.5 Å². The molecule has 0 aliphatic carbocycles. The third-order valence-electron chi connectivity index (χ3n) is 4.79. The van der Waals surface area contributed by atoms with Crippen molar-refractivity contribution in [3.05, 3.63) is 59.3 Å². The van der Waals surface area contributed by atoms with E-state index in [4.69, 9.17) is 0 Å². The zero-order chi connectivity index (χ0) is 18.3. The maximum absolute atomic E-state index is 13.2. The van der Waals surface area contributed by atoms with E-state index in [-0.39, 0.29) is 18.0 Å². The lowest BCUT2D eigenvalue weighted by Crippen LogP contribution is -2.38. The van der Waals surface area contributed by atoms with Crippen molar-refractivity contribution in [2.75, 3.05) is 16.8 Å². The van der Waals surface area contributed by atoms with Gasteiger partial charge < -0.3 is 20.1 Å². The van der Waals surface area contributed by atoms with E-state index in [2.05, 4.69) is 20.2 Å². The van der Waals surface area contributed by atoms with Gasteiger partial charge in [-0.25, -0.2) is 9.38 Å². The number of benzene rings is 1. The van der Waals surface area contributed by atoms with Crippen LogP contribution in [0.1, 0.15) is 21.7 Å². The van der Waals surface area contributed by atoms with E-state index in [1.807, 2.05) is 31.0 Å². The number of carbonyl (C=O) groups is 1. The van der Waals surface area contributed by atoms with Crippen molar-refractivity contribution in [1.29, 1.82) is 0 Å². The van der Waals surface area contributed by atoms with E-state index in [1.165, 1.54) is 12.1 Å². The number of nitrogens with one attached hydrogen (secondary N) is 2. The third-order valence-corrected chi connectivity index (χ3v) is 4.79. The van der Waals surface area contributed by atoms with Crippen LogP contribution in [0.5, 0.6) is 0 Å². The Hall–Kier alpha value is -3.09. The summed E-state index contributed by atoms with van der Waals surface area (Å²) in [5.74, 6) is -0.326. The summed E-state index contributed by atoms with van der Waals surface area (Å²) in [6.45, 7) is 5.36. The highest BCUT2D eigenvalue weighted by atomic mass is 19.1. The molecule has 26 heavy (non-hydrogen) atoms. The summed E-state index contributed by atoms with van der Waals surface area (Å²) in [6, 6.07) is 6.18. The summed E-state index contributed by atoms with van der Waals surface area (Å²) in [4.78, 5) is 18.8. The molecule has 4 rings (SSSR count). The lowest BCUT2D eigenvalue weighted by atomic mass is 10.2.